The van der Waals surface area contributed by atoms with Crippen LogP contribution in [0.3, 0.4) is 0 Å². The van der Waals surface area contributed by atoms with Gasteiger partial charge in [-0.15, -0.1) is 0 Å². The van der Waals surface area contributed by atoms with Crippen LogP contribution in [-0.4, -0.2) is 17.3 Å². The average molecular weight is 185 g/mol. The summed E-state index contributed by atoms with van der Waals surface area (Å²) < 4.78 is 0. The molecule has 1 aliphatic rings. The van der Waals surface area contributed by atoms with Crippen molar-refractivity contribution >= 4 is 0 Å². The smallest absolute Gasteiger partial charge is 0.0611 e. The molecule has 1 aliphatic carbocycles. The Kier molecular flexibility index (Phi) is 4.74. The molecule has 78 valence electrons. The lowest BCUT2D eigenvalue weighted by atomic mass is 9.87. The van der Waals surface area contributed by atoms with Crippen molar-refractivity contribution in [1.82, 2.24) is 0 Å². The molecule has 0 bridgehead atoms. The van der Waals surface area contributed by atoms with Gasteiger partial charge in [-0.1, -0.05) is 44.9 Å². The van der Waals surface area contributed by atoms with E-state index in [9.17, 15) is 5.11 Å². The molecule has 0 unspecified atom stereocenters. The van der Waals surface area contributed by atoms with Gasteiger partial charge in [-0.2, -0.15) is 0 Å². The average Bonchev–Trinajstić information content (AvgIpc) is 2.16. The molecule has 13 heavy (non-hydrogen) atoms. The van der Waals surface area contributed by atoms with Crippen LogP contribution in [0.2, 0.25) is 0 Å². The quantitative estimate of drug-likeness (QED) is 0.658. The summed E-state index contributed by atoms with van der Waals surface area (Å²) in [6.07, 6.45) is 11.1. The molecule has 0 saturated heterocycles. The van der Waals surface area contributed by atoms with Crippen LogP contribution in [0.5, 0.6) is 0 Å². The highest BCUT2D eigenvalue weighted by molar-refractivity contribution is 4.83. The summed E-state index contributed by atoms with van der Waals surface area (Å²) in [5, 5.41) is 9.20. The lowest BCUT2D eigenvalue weighted by Crippen LogP contribution is -2.43. The van der Waals surface area contributed by atoms with Crippen LogP contribution < -0.4 is 5.73 Å². The molecule has 0 amide bonds. The van der Waals surface area contributed by atoms with Gasteiger partial charge in [-0.25, -0.2) is 0 Å². The van der Waals surface area contributed by atoms with Crippen molar-refractivity contribution in [3.8, 4) is 0 Å². The minimum atomic E-state index is -0.267. The Balaban J connectivity index is 2.34. The van der Waals surface area contributed by atoms with Crippen LogP contribution in [-0.2, 0) is 0 Å². The summed E-state index contributed by atoms with van der Waals surface area (Å²) in [6.45, 7) is 0.160. The van der Waals surface area contributed by atoms with Crippen molar-refractivity contribution in [1.29, 1.82) is 0 Å². The highest BCUT2D eigenvalue weighted by Gasteiger charge is 2.22. The summed E-state index contributed by atoms with van der Waals surface area (Å²) in [6, 6.07) is 0. The predicted octanol–water partition coefficient (Wildman–Crippen LogP) is 2.20. The normalized spacial score (nSPS) is 25.4. The van der Waals surface area contributed by atoms with Gasteiger partial charge in [0.25, 0.3) is 0 Å². The summed E-state index contributed by atoms with van der Waals surface area (Å²) >= 11 is 0. The first kappa shape index (κ1) is 11.0. The Bertz CT molecular complexity index is 126. The number of rotatable bonds is 1. The van der Waals surface area contributed by atoms with E-state index in [1.165, 1.54) is 44.9 Å². The molecule has 0 atom stereocenters. The fourth-order valence-corrected chi connectivity index (χ4v) is 2.12. The van der Waals surface area contributed by atoms with Crippen molar-refractivity contribution in [3.63, 3.8) is 0 Å². The van der Waals surface area contributed by atoms with Gasteiger partial charge >= 0.3 is 0 Å². The second-order valence-electron chi connectivity index (χ2n) is 4.50. The van der Waals surface area contributed by atoms with Gasteiger partial charge in [0.05, 0.1) is 6.61 Å². The standard InChI is InChI=1S/C11H23NO/c12-11(10-13)8-6-4-2-1-3-5-7-9-11/h13H,1-10,12H2. The van der Waals surface area contributed by atoms with Gasteiger partial charge < -0.3 is 10.8 Å². The zero-order chi connectivity index (χ0) is 9.57. The first-order chi connectivity index (χ1) is 6.27. The van der Waals surface area contributed by atoms with Crippen molar-refractivity contribution < 1.29 is 5.11 Å². The third-order valence-corrected chi connectivity index (χ3v) is 3.16. The lowest BCUT2D eigenvalue weighted by molar-refractivity contribution is 0.170. The van der Waals surface area contributed by atoms with Gasteiger partial charge in [-0.3, -0.25) is 0 Å². The van der Waals surface area contributed by atoms with E-state index >= 15 is 0 Å². The SMILES string of the molecule is NC1(CO)CCCCCCCCC1. The Morgan fingerprint density at radius 3 is 1.62 bits per heavy atom. The third kappa shape index (κ3) is 4.10. The van der Waals surface area contributed by atoms with E-state index in [1.54, 1.807) is 0 Å². The summed E-state index contributed by atoms with van der Waals surface area (Å²) in [5.41, 5.74) is 5.83. The largest absolute Gasteiger partial charge is 0.394 e. The van der Waals surface area contributed by atoms with E-state index < -0.39 is 0 Å². The van der Waals surface area contributed by atoms with Gasteiger partial charge in [0.1, 0.15) is 0 Å². The Hall–Kier alpha value is -0.0800. The van der Waals surface area contributed by atoms with Crippen molar-refractivity contribution in [3.05, 3.63) is 0 Å². The maximum atomic E-state index is 9.20. The molecule has 0 aliphatic heterocycles. The molecular weight excluding hydrogens is 162 g/mol. The lowest BCUT2D eigenvalue weighted by Gasteiger charge is -2.28. The molecule has 0 heterocycles. The first-order valence-electron chi connectivity index (χ1n) is 5.67. The maximum Gasteiger partial charge on any atom is 0.0611 e. The maximum absolute atomic E-state index is 9.20. The van der Waals surface area contributed by atoms with Gasteiger partial charge in [-0.05, 0) is 12.8 Å². The Morgan fingerprint density at radius 1 is 0.846 bits per heavy atom. The molecule has 2 heteroatoms. The van der Waals surface area contributed by atoms with Gasteiger partial charge in [0.15, 0.2) is 0 Å². The monoisotopic (exact) mass is 185 g/mol. The summed E-state index contributed by atoms with van der Waals surface area (Å²) in [4.78, 5) is 0. The molecule has 1 saturated carbocycles. The van der Waals surface area contributed by atoms with Crippen LogP contribution in [0.15, 0.2) is 0 Å². The highest BCUT2D eigenvalue weighted by atomic mass is 16.3. The van der Waals surface area contributed by atoms with Crippen LogP contribution in [0, 0.1) is 0 Å². The minimum absolute atomic E-state index is 0.160. The molecule has 0 aromatic carbocycles. The summed E-state index contributed by atoms with van der Waals surface area (Å²) in [7, 11) is 0. The van der Waals surface area contributed by atoms with E-state index in [1.807, 2.05) is 0 Å². The Morgan fingerprint density at radius 2 is 1.23 bits per heavy atom. The van der Waals surface area contributed by atoms with Crippen LogP contribution in [0.4, 0.5) is 0 Å². The van der Waals surface area contributed by atoms with Crippen LogP contribution >= 0.6 is 0 Å². The van der Waals surface area contributed by atoms with Crippen molar-refractivity contribution in [2.45, 2.75) is 63.3 Å². The zero-order valence-corrected chi connectivity index (χ0v) is 8.60. The number of nitrogens with two attached hydrogens (primary N) is 1. The zero-order valence-electron chi connectivity index (χ0n) is 8.60. The minimum Gasteiger partial charge on any atom is -0.394 e. The van der Waals surface area contributed by atoms with Gasteiger partial charge in [0, 0.05) is 5.54 Å². The molecule has 0 aromatic heterocycles. The molecule has 2 nitrogen and oxygen atoms in total. The van der Waals surface area contributed by atoms with Crippen molar-refractivity contribution in [2.24, 2.45) is 5.73 Å². The molecule has 3 N–H and O–H groups in total. The first-order valence-corrected chi connectivity index (χ1v) is 5.67. The van der Waals surface area contributed by atoms with Crippen molar-refractivity contribution in [2.75, 3.05) is 6.61 Å². The van der Waals surface area contributed by atoms with E-state index in [0.29, 0.717) is 0 Å². The second-order valence-corrected chi connectivity index (χ2v) is 4.50. The van der Waals surface area contributed by atoms with E-state index in [4.69, 9.17) is 5.73 Å². The number of hydrogen-bond donors (Lipinski definition) is 2. The Labute approximate surface area is 81.5 Å². The topological polar surface area (TPSA) is 46.2 Å². The number of hydrogen-bond acceptors (Lipinski definition) is 2. The second kappa shape index (κ2) is 5.61. The van der Waals surface area contributed by atoms with Crippen LogP contribution in [0.25, 0.3) is 0 Å². The fraction of sp³-hybridized carbons (Fsp3) is 1.00. The van der Waals surface area contributed by atoms with Crippen LogP contribution in [0.1, 0.15) is 57.8 Å². The molecule has 1 fully saturated rings. The molecule has 0 spiro atoms. The molecule has 1 rings (SSSR count). The highest BCUT2D eigenvalue weighted by Crippen LogP contribution is 2.22. The predicted molar refractivity (Wildman–Crippen MR) is 55.6 cm³/mol. The third-order valence-electron chi connectivity index (χ3n) is 3.16. The van der Waals surface area contributed by atoms with E-state index in [2.05, 4.69) is 0 Å². The summed E-state index contributed by atoms with van der Waals surface area (Å²) in [5.74, 6) is 0. The molecule has 0 radical (unpaired) electrons. The van der Waals surface area contributed by atoms with E-state index in [0.717, 1.165) is 12.8 Å². The fourth-order valence-electron chi connectivity index (χ4n) is 2.12. The number of aliphatic hydroxyl groups excluding tert-OH is 1. The van der Waals surface area contributed by atoms with Gasteiger partial charge in [0.2, 0.25) is 0 Å². The van der Waals surface area contributed by atoms with E-state index in [-0.39, 0.29) is 12.1 Å². The molecular formula is C11H23NO. The number of aliphatic hydroxyl groups is 1. The molecule has 0 aromatic rings.